The largest absolute Gasteiger partial charge is 0.225 e. The Kier molecular flexibility index (Phi) is 14.5. The molecule has 3 aromatic heterocycles. The molecule has 12 aromatic carbocycles. The Bertz CT molecular complexity index is 6040. The lowest BCUT2D eigenvalue weighted by molar-refractivity contribution is 0.332. The third-order valence-electron chi connectivity index (χ3n) is 23.5. The maximum atomic E-state index is 5.48. The summed E-state index contributed by atoms with van der Waals surface area (Å²) in [4.78, 5) is 42.5. The van der Waals surface area contributed by atoms with Gasteiger partial charge in [-0.15, -0.1) is 0 Å². The molecule has 0 saturated heterocycles. The highest BCUT2D eigenvalue weighted by Gasteiger charge is 2.52. The molecular weight excluding hydrogens is 1280 g/mol. The molecule has 0 aliphatic heterocycles. The zero-order valence-electron chi connectivity index (χ0n) is 60.7. The molecule has 506 valence electrons. The predicted octanol–water partition coefficient (Wildman–Crippen LogP) is 23.6. The molecule has 0 N–H and O–H groups in total. The number of nitrogens with zero attached hydrogens (tertiary/aromatic N) is 8. The molecule has 0 radical (unpaired) electrons. The zero-order valence-corrected chi connectivity index (χ0v) is 60.7. The summed E-state index contributed by atoms with van der Waals surface area (Å²) in [6.45, 7) is 21.2. The van der Waals surface area contributed by atoms with Crippen molar-refractivity contribution in [3.63, 3.8) is 0 Å². The second-order valence-corrected chi connectivity index (χ2v) is 32.0. The first-order valence-corrected chi connectivity index (χ1v) is 36.9. The van der Waals surface area contributed by atoms with Crippen molar-refractivity contribution >= 4 is 10.9 Å². The lowest BCUT2D eigenvalue weighted by Gasteiger charge is -2.42. The van der Waals surface area contributed by atoms with E-state index in [0.717, 1.165) is 84.2 Å². The smallest absolute Gasteiger partial charge is 0.201 e. The van der Waals surface area contributed by atoms with Crippen LogP contribution < -0.4 is 0 Å². The van der Waals surface area contributed by atoms with Crippen LogP contribution in [0.3, 0.4) is 0 Å². The first kappa shape index (κ1) is 63.9. The Labute approximate surface area is 614 Å². The van der Waals surface area contributed by atoms with Crippen LogP contribution in [0.25, 0.3) is 146 Å². The topological polar surface area (TPSA) is 103 Å². The van der Waals surface area contributed by atoms with E-state index in [1.165, 1.54) is 90.7 Å². The number of benzene rings is 12. The van der Waals surface area contributed by atoms with E-state index in [2.05, 4.69) is 293 Å². The monoisotopic (exact) mass is 1350 g/mol. The van der Waals surface area contributed by atoms with Gasteiger partial charge in [0.05, 0.1) is 16.6 Å². The number of aryl methyl sites for hydroxylation is 1. The number of rotatable bonds is 10. The van der Waals surface area contributed by atoms with Gasteiger partial charge < -0.3 is 0 Å². The molecule has 0 amide bonds. The molecule has 8 nitrogen and oxygen atoms in total. The van der Waals surface area contributed by atoms with Gasteiger partial charge in [-0.25, -0.2) is 39.9 Å². The van der Waals surface area contributed by atoms with Crippen molar-refractivity contribution in [3.05, 3.63) is 323 Å². The summed E-state index contributed by atoms with van der Waals surface area (Å²) in [7, 11) is 0. The van der Waals surface area contributed by atoms with E-state index in [4.69, 9.17) is 39.9 Å². The van der Waals surface area contributed by atoms with Crippen LogP contribution in [0, 0.1) is 6.92 Å². The van der Waals surface area contributed by atoms with Crippen molar-refractivity contribution in [2.75, 3.05) is 0 Å². The molecule has 3 heterocycles. The highest BCUT2D eigenvalue weighted by molar-refractivity contribution is 5.98. The summed E-state index contributed by atoms with van der Waals surface area (Å²) in [6, 6.07) is 99.0. The van der Waals surface area contributed by atoms with Crippen LogP contribution in [0.4, 0.5) is 0 Å². The predicted molar refractivity (Wildman–Crippen MR) is 428 cm³/mol. The van der Waals surface area contributed by atoms with E-state index in [1.807, 2.05) is 42.5 Å². The van der Waals surface area contributed by atoms with Crippen molar-refractivity contribution in [2.24, 2.45) is 0 Å². The highest BCUT2D eigenvalue weighted by Crippen LogP contribution is 2.64. The minimum Gasteiger partial charge on any atom is -0.225 e. The summed E-state index contributed by atoms with van der Waals surface area (Å²) in [5.74, 6) is 3.85. The molecule has 0 atom stereocenters. The fraction of sp³-hybridized carbons (Fsp3) is 0.175. The molecule has 4 aliphatic carbocycles. The summed E-state index contributed by atoms with van der Waals surface area (Å²) in [5, 5.41) is 0.959. The first-order valence-electron chi connectivity index (χ1n) is 36.9. The van der Waals surface area contributed by atoms with Crippen LogP contribution in [0.15, 0.2) is 273 Å². The van der Waals surface area contributed by atoms with Gasteiger partial charge in [0.25, 0.3) is 0 Å². The molecule has 4 aliphatic rings. The summed E-state index contributed by atoms with van der Waals surface area (Å²) < 4.78 is 0. The Hall–Kier alpha value is -12.0. The fourth-order valence-electron chi connectivity index (χ4n) is 18.3. The second kappa shape index (κ2) is 23.8. The van der Waals surface area contributed by atoms with E-state index in [0.29, 0.717) is 40.8 Å². The third kappa shape index (κ3) is 10.4. The molecular formula is C97H78N8. The number of aromatic nitrogens is 8. The molecule has 8 heteroatoms. The average molecular weight is 1360 g/mol. The van der Waals surface area contributed by atoms with E-state index < -0.39 is 5.41 Å². The van der Waals surface area contributed by atoms with Crippen LogP contribution in [0.5, 0.6) is 0 Å². The van der Waals surface area contributed by atoms with Crippen LogP contribution in [0.1, 0.15) is 125 Å². The second-order valence-electron chi connectivity index (χ2n) is 32.0. The average Bonchev–Trinajstić information content (AvgIpc) is 1.51. The van der Waals surface area contributed by atoms with Gasteiger partial charge >= 0.3 is 0 Å². The van der Waals surface area contributed by atoms with E-state index in [-0.39, 0.29) is 21.7 Å². The maximum absolute atomic E-state index is 5.48. The van der Waals surface area contributed by atoms with Crippen molar-refractivity contribution in [1.82, 2.24) is 39.9 Å². The van der Waals surface area contributed by atoms with E-state index >= 15 is 0 Å². The normalized spacial score (nSPS) is 15.6. The Balaban J connectivity index is 0.714. The lowest BCUT2D eigenvalue weighted by atomic mass is 9.63. The van der Waals surface area contributed by atoms with Gasteiger partial charge in [-0.3, -0.25) is 0 Å². The lowest BCUT2D eigenvalue weighted by Crippen LogP contribution is -2.33. The van der Waals surface area contributed by atoms with Gasteiger partial charge in [0, 0.05) is 38.8 Å². The SMILES string of the molecule is Cc1cc(-c2ccc3c(c2)C(C)(C)CCC3(C)C)ccc1-c1nc(-c2ccccc2)nc(-c2ccc3c(c2)C2(c4ccccc4-c4ccccc42)c2cc(-c4ccccc4-c4ccc(-c5nc(-c6ccc7c(c6)C(C)(C)CC7(C)C)nc(-c6nc(-c7ccccc7)c7ccccc7n6)n5)cc4)ccc2-3)n1. The fourth-order valence-corrected chi connectivity index (χ4v) is 18.3. The van der Waals surface area contributed by atoms with Crippen molar-refractivity contribution in [3.8, 4) is 135 Å². The first-order chi connectivity index (χ1) is 50.9. The Morgan fingerprint density at radius 3 is 1.25 bits per heavy atom. The Morgan fingerprint density at radius 1 is 0.229 bits per heavy atom. The summed E-state index contributed by atoms with van der Waals surface area (Å²) in [6.07, 6.45) is 3.40. The molecule has 105 heavy (non-hydrogen) atoms. The molecule has 1 spiro atoms. The number of hydrogen-bond acceptors (Lipinski definition) is 8. The standard InChI is InChI=1S/C97H78N8/c1-58-52-63(64-43-48-78-82(53-64)94(4,5)51-50-93(78,2)3)40-45-68(58)90-102-86(61-26-14-11-15-27-61)100-88(103-90)66-42-47-74-73-46-41-65(54-80(73)97(81(74)55-66)76-33-21-18-30-71(76)72-31-19-22-34-77(72)97)70-29-17-16-28-69(70)59-36-38-62(39-37-59)87-101-89(67-44-49-79-83(56-67)96(8,9)57-95(79,6)7)105-92(104-87)91-98-84-35-23-20-32-75(84)85(99-91)60-24-12-10-13-25-60/h10-49,52-56H,50-51,57H2,1-9H3. The number of hydrogen-bond donors (Lipinski definition) is 0. The summed E-state index contributed by atoms with van der Waals surface area (Å²) >= 11 is 0. The van der Waals surface area contributed by atoms with Crippen LogP contribution in [-0.4, -0.2) is 39.9 Å². The molecule has 0 unspecified atom stereocenters. The summed E-state index contributed by atoms with van der Waals surface area (Å²) in [5.41, 5.74) is 30.2. The van der Waals surface area contributed by atoms with Crippen LogP contribution in [0.2, 0.25) is 0 Å². The maximum Gasteiger partial charge on any atom is 0.201 e. The van der Waals surface area contributed by atoms with Gasteiger partial charge in [-0.2, -0.15) is 0 Å². The molecule has 15 aromatic rings. The molecule has 0 bridgehead atoms. The quantitative estimate of drug-likeness (QED) is 0.133. The minimum absolute atomic E-state index is 0.0270. The van der Waals surface area contributed by atoms with Crippen molar-refractivity contribution in [2.45, 2.75) is 109 Å². The van der Waals surface area contributed by atoms with Crippen LogP contribution >= 0.6 is 0 Å². The van der Waals surface area contributed by atoms with Crippen LogP contribution in [-0.2, 0) is 27.1 Å². The number of para-hydroxylation sites is 1. The molecule has 19 rings (SSSR count). The van der Waals surface area contributed by atoms with Crippen molar-refractivity contribution in [1.29, 1.82) is 0 Å². The van der Waals surface area contributed by atoms with Gasteiger partial charge in [0.2, 0.25) is 5.82 Å². The van der Waals surface area contributed by atoms with Gasteiger partial charge in [-0.05, 0) is 178 Å². The van der Waals surface area contributed by atoms with Gasteiger partial charge in [0.15, 0.2) is 34.9 Å². The van der Waals surface area contributed by atoms with Gasteiger partial charge in [-0.1, -0.05) is 304 Å². The highest BCUT2D eigenvalue weighted by atomic mass is 15.1. The Morgan fingerprint density at radius 2 is 0.610 bits per heavy atom. The number of fused-ring (bicyclic) bond motifs is 13. The van der Waals surface area contributed by atoms with Gasteiger partial charge in [0.1, 0.15) is 0 Å². The van der Waals surface area contributed by atoms with Crippen molar-refractivity contribution < 1.29 is 0 Å². The third-order valence-corrected chi connectivity index (χ3v) is 23.5. The van der Waals surface area contributed by atoms with E-state index in [9.17, 15) is 0 Å². The minimum atomic E-state index is -0.678. The molecule has 0 fully saturated rings. The van der Waals surface area contributed by atoms with E-state index in [1.54, 1.807) is 0 Å². The molecule has 0 saturated carbocycles. The zero-order chi connectivity index (χ0) is 71.3.